The van der Waals surface area contributed by atoms with Crippen LogP contribution in [0.1, 0.15) is 42.4 Å². The van der Waals surface area contributed by atoms with E-state index in [1.54, 1.807) is 35.6 Å². The van der Waals surface area contributed by atoms with Crippen molar-refractivity contribution in [2.75, 3.05) is 0 Å². The molecule has 1 heterocycles. The molecule has 4 nitrogen and oxygen atoms in total. The Morgan fingerprint density at radius 2 is 1.78 bits per heavy atom. The van der Waals surface area contributed by atoms with Gasteiger partial charge < -0.3 is 4.84 Å². The molecular formula is C21H19ClN2O2S. The number of nitrogens with zero attached hydrogens (tertiary/aromatic N) is 2. The average molecular weight is 399 g/mol. The number of benzene rings is 2. The molecular weight excluding hydrogens is 380 g/mol. The monoisotopic (exact) mass is 398 g/mol. The fourth-order valence-electron chi connectivity index (χ4n) is 2.24. The summed E-state index contributed by atoms with van der Waals surface area (Å²) in [5.41, 5.74) is 3.39. The number of carbonyl (C=O) groups excluding carboxylic acids is 1. The minimum Gasteiger partial charge on any atom is -0.313 e. The van der Waals surface area contributed by atoms with Crippen molar-refractivity contribution in [3.05, 3.63) is 75.8 Å². The molecule has 6 heteroatoms. The molecule has 0 N–H and O–H groups in total. The van der Waals surface area contributed by atoms with Crippen LogP contribution in [-0.2, 0) is 10.3 Å². The van der Waals surface area contributed by atoms with Gasteiger partial charge in [0.15, 0.2) is 0 Å². The second-order valence-electron chi connectivity index (χ2n) is 7.03. The third-order valence-corrected chi connectivity index (χ3v) is 4.99. The van der Waals surface area contributed by atoms with Crippen molar-refractivity contribution in [1.82, 2.24) is 4.98 Å². The SMILES string of the molecule is CC(C)(C)c1csc(-c2ccc(/C=N\OC(=O)c3ccc(Cl)cc3)cc2)n1. The molecule has 0 radical (unpaired) electrons. The highest BCUT2D eigenvalue weighted by Gasteiger charge is 2.17. The Morgan fingerprint density at radius 1 is 1.11 bits per heavy atom. The highest BCUT2D eigenvalue weighted by Crippen LogP contribution is 2.29. The number of hydrogen-bond acceptors (Lipinski definition) is 5. The van der Waals surface area contributed by atoms with Crippen molar-refractivity contribution in [2.24, 2.45) is 5.16 Å². The Morgan fingerprint density at radius 3 is 2.37 bits per heavy atom. The Labute approximate surface area is 167 Å². The van der Waals surface area contributed by atoms with Gasteiger partial charge in [-0.2, -0.15) is 0 Å². The Kier molecular flexibility index (Phi) is 5.73. The molecule has 0 amide bonds. The van der Waals surface area contributed by atoms with Crippen molar-refractivity contribution in [3.63, 3.8) is 0 Å². The number of hydrogen-bond donors (Lipinski definition) is 0. The van der Waals surface area contributed by atoms with Crippen LogP contribution in [0.5, 0.6) is 0 Å². The van der Waals surface area contributed by atoms with E-state index in [9.17, 15) is 4.79 Å². The van der Waals surface area contributed by atoms with Gasteiger partial charge in [-0.25, -0.2) is 9.78 Å². The molecule has 0 aliphatic heterocycles. The maximum Gasteiger partial charge on any atom is 0.365 e. The van der Waals surface area contributed by atoms with Crippen molar-refractivity contribution in [2.45, 2.75) is 26.2 Å². The third kappa shape index (κ3) is 5.02. The molecule has 0 saturated carbocycles. The lowest BCUT2D eigenvalue weighted by Crippen LogP contribution is -2.11. The number of aromatic nitrogens is 1. The summed E-state index contributed by atoms with van der Waals surface area (Å²) >= 11 is 7.43. The fourth-order valence-corrected chi connectivity index (χ4v) is 3.42. The molecule has 0 atom stereocenters. The lowest BCUT2D eigenvalue weighted by Gasteiger charge is -2.14. The number of oxime groups is 1. The van der Waals surface area contributed by atoms with E-state index in [0.29, 0.717) is 10.6 Å². The lowest BCUT2D eigenvalue weighted by molar-refractivity contribution is 0.0519. The first-order chi connectivity index (χ1) is 12.8. The van der Waals surface area contributed by atoms with E-state index < -0.39 is 5.97 Å². The van der Waals surface area contributed by atoms with Crippen LogP contribution in [0.4, 0.5) is 0 Å². The normalized spacial score (nSPS) is 11.7. The summed E-state index contributed by atoms with van der Waals surface area (Å²) < 4.78 is 0. The topological polar surface area (TPSA) is 51.5 Å². The molecule has 0 aliphatic carbocycles. The highest BCUT2D eigenvalue weighted by atomic mass is 35.5. The predicted octanol–water partition coefficient (Wildman–Crippen LogP) is 5.95. The minimum atomic E-state index is -0.531. The fraction of sp³-hybridized carbons (Fsp3) is 0.190. The zero-order chi connectivity index (χ0) is 19.4. The van der Waals surface area contributed by atoms with Gasteiger partial charge >= 0.3 is 5.97 Å². The van der Waals surface area contributed by atoms with Gasteiger partial charge in [0.2, 0.25) is 0 Å². The first-order valence-electron chi connectivity index (χ1n) is 8.40. The van der Waals surface area contributed by atoms with Gasteiger partial charge in [-0.05, 0) is 29.8 Å². The van der Waals surface area contributed by atoms with Crippen LogP contribution in [0, 0.1) is 0 Å². The van der Waals surface area contributed by atoms with Crippen LogP contribution in [-0.4, -0.2) is 17.2 Å². The van der Waals surface area contributed by atoms with E-state index >= 15 is 0 Å². The predicted molar refractivity (Wildman–Crippen MR) is 111 cm³/mol. The average Bonchev–Trinajstić information content (AvgIpc) is 3.13. The summed E-state index contributed by atoms with van der Waals surface area (Å²) in [5, 5.41) is 7.40. The van der Waals surface area contributed by atoms with Crippen LogP contribution in [0.15, 0.2) is 59.1 Å². The summed E-state index contributed by atoms with van der Waals surface area (Å²) in [5.74, 6) is -0.531. The van der Waals surface area contributed by atoms with Gasteiger partial charge in [0.25, 0.3) is 0 Å². The molecule has 0 fully saturated rings. The molecule has 0 bridgehead atoms. The van der Waals surface area contributed by atoms with E-state index in [1.165, 1.54) is 6.21 Å². The molecule has 0 aliphatic rings. The second kappa shape index (κ2) is 8.03. The van der Waals surface area contributed by atoms with E-state index in [2.05, 4.69) is 31.3 Å². The maximum atomic E-state index is 11.9. The van der Waals surface area contributed by atoms with Crippen molar-refractivity contribution in [3.8, 4) is 10.6 Å². The molecule has 0 saturated heterocycles. The van der Waals surface area contributed by atoms with Gasteiger partial charge in [-0.1, -0.05) is 61.8 Å². The summed E-state index contributed by atoms with van der Waals surface area (Å²) in [7, 11) is 0. The molecule has 0 unspecified atom stereocenters. The highest BCUT2D eigenvalue weighted by molar-refractivity contribution is 7.13. The first kappa shape index (κ1) is 19.3. The van der Waals surface area contributed by atoms with E-state index in [1.807, 2.05) is 24.3 Å². The zero-order valence-corrected chi connectivity index (χ0v) is 16.8. The van der Waals surface area contributed by atoms with Crippen molar-refractivity contribution < 1.29 is 9.63 Å². The van der Waals surface area contributed by atoms with Gasteiger partial charge in [0, 0.05) is 21.4 Å². The van der Waals surface area contributed by atoms with Gasteiger partial charge in [0.05, 0.1) is 17.5 Å². The molecule has 138 valence electrons. The third-order valence-electron chi connectivity index (χ3n) is 3.85. The standard InChI is InChI=1S/C21H19ClN2O2S/c1-21(2,3)18-13-27-19(24-18)15-6-4-14(5-7-15)12-23-26-20(25)16-8-10-17(22)11-9-16/h4-13H,1-3H3/b23-12-. The number of carbonyl (C=O) groups is 1. The quantitative estimate of drug-likeness (QED) is 0.310. The van der Waals surface area contributed by atoms with E-state index in [4.69, 9.17) is 21.4 Å². The van der Waals surface area contributed by atoms with Crippen molar-refractivity contribution >= 4 is 35.1 Å². The molecule has 1 aromatic heterocycles. The van der Waals surface area contributed by atoms with E-state index in [-0.39, 0.29) is 5.41 Å². The number of rotatable bonds is 4. The molecule has 3 aromatic rings. The van der Waals surface area contributed by atoms with Crippen LogP contribution in [0.3, 0.4) is 0 Å². The maximum absolute atomic E-state index is 11.9. The second-order valence-corrected chi connectivity index (χ2v) is 8.32. The summed E-state index contributed by atoms with van der Waals surface area (Å²) in [6.45, 7) is 6.45. The Hall–Kier alpha value is -2.50. The van der Waals surface area contributed by atoms with E-state index in [0.717, 1.165) is 21.8 Å². The Balaban J connectivity index is 1.63. The van der Waals surface area contributed by atoms with Crippen LogP contribution in [0.2, 0.25) is 5.02 Å². The zero-order valence-electron chi connectivity index (χ0n) is 15.3. The molecule has 27 heavy (non-hydrogen) atoms. The van der Waals surface area contributed by atoms with Gasteiger partial charge in [0.1, 0.15) is 5.01 Å². The molecule has 3 rings (SSSR count). The number of halogens is 1. The summed E-state index contributed by atoms with van der Waals surface area (Å²) in [6, 6.07) is 14.2. The van der Waals surface area contributed by atoms with Crippen LogP contribution < -0.4 is 0 Å². The largest absolute Gasteiger partial charge is 0.365 e. The first-order valence-corrected chi connectivity index (χ1v) is 9.65. The lowest BCUT2D eigenvalue weighted by atomic mass is 9.93. The van der Waals surface area contributed by atoms with Crippen molar-refractivity contribution in [1.29, 1.82) is 0 Å². The molecule has 0 spiro atoms. The Bertz CT molecular complexity index is 955. The van der Waals surface area contributed by atoms with Gasteiger partial charge in [-0.3, -0.25) is 0 Å². The number of thiazole rings is 1. The van der Waals surface area contributed by atoms with Crippen LogP contribution in [0.25, 0.3) is 10.6 Å². The van der Waals surface area contributed by atoms with Gasteiger partial charge in [-0.15, -0.1) is 11.3 Å². The summed E-state index contributed by atoms with van der Waals surface area (Å²) in [6.07, 6.45) is 1.50. The smallest absolute Gasteiger partial charge is 0.313 e. The molecule has 2 aromatic carbocycles. The summed E-state index contributed by atoms with van der Waals surface area (Å²) in [4.78, 5) is 21.5. The van der Waals surface area contributed by atoms with Crippen LogP contribution >= 0.6 is 22.9 Å². The minimum absolute atomic E-state index is 0.0370.